The zero-order chi connectivity index (χ0) is 17.2. The maximum atomic E-state index is 12.3. The van der Waals surface area contributed by atoms with Crippen molar-refractivity contribution in [2.24, 2.45) is 11.8 Å². The van der Waals surface area contributed by atoms with E-state index in [2.05, 4.69) is 9.88 Å². The van der Waals surface area contributed by atoms with Crippen LogP contribution in [0.4, 0.5) is 0 Å². The minimum Gasteiger partial charge on any atom is -0.493 e. The molecule has 1 aliphatic heterocycles. The highest BCUT2D eigenvalue weighted by atomic mass is 16.5. The molecule has 4 rings (SSSR count). The fourth-order valence-electron chi connectivity index (χ4n) is 4.10. The summed E-state index contributed by atoms with van der Waals surface area (Å²) >= 11 is 0. The van der Waals surface area contributed by atoms with Gasteiger partial charge >= 0.3 is 0 Å². The number of hydrogen-bond acceptors (Lipinski definition) is 5. The molecular weight excluding hydrogens is 316 g/mol. The summed E-state index contributed by atoms with van der Waals surface area (Å²) in [4.78, 5) is 18.4. The molecule has 5 heteroatoms. The Balaban J connectivity index is 1.29. The van der Waals surface area contributed by atoms with Gasteiger partial charge in [0.25, 0.3) is 0 Å². The van der Waals surface area contributed by atoms with E-state index in [0.29, 0.717) is 23.9 Å². The summed E-state index contributed by atoms with van der Waals surface area (Å²) in [5, 5.41) is 9.22. The van der Waals surface area contributed by atoms with Gasteiger partial charge in [0.05, 0.1) is 12.6 Å². The van der Waals surface area contributed by atoms with Crippen molar-refractivity contribution in [3.05, 3.63) is 54.2 Å². The minimum absolute atomic E-state index is 0.0586. The monoisotopic (exact) mass is 338 g/mol. The number of benzene rings is 1. The van der Waals surface area contributed by atoms with E-state index >= 15 is 0 Å². The number of Topliss-reactive ketones (excluding diaryl/α,β-unsaturated/α-hetero) is 1. The van der Waals surface area contributed by atoms with Gasteiger partial charge in [0.1, 0.15) is 5.75 Å². The number of fused-ring (bicyclic) bond motifs is 1. The van der Waals surface area contributed by atoms with Crippen molar-refractivity contribution in [2.45, 2.75) is 18.9 Å². The van der Waals surface area contributed by atoms with Crippen LogP contribution in [0.15, 0.2) is 48.7 Å². The van der Waals surface area contributed by atoms with Gasteiger partial charge in [0.15, 0.2) is 5.78 Å². The third-order valence-electron chi connectivity index (χ3n) is 5.27. The second kappa shape index (κ2) is 6.84. The summed E-state index contributed by atoms with van der Waals surface area (Å²) in [6, 6.07) is 13.1. The van der Waals surface area contributed by atoms with Crippen molar-refractivity contribution < 1.29 is 14.6 Å². The van der Waals surface area contributed by atoms with Crippen molar-refractivity contribution in [2.75, 3.05) is 19.6 Å². The van der Waals surface area contributed by atoms with E-state index in [-0.39, 0.29) is 17.8 Å². The Morgan fingerprint density at radius 2 is 1.84 bits per heavy atom. The van der Waals surface area contributed by atoms with Gasteiger partial charge in [0.2, 0.25) is 5.88 Å². The van der Waals surface area contributed by atoms with Crippen molar-refractivity contribution in [3.63, 3.8) is 0 Å². The van der Waals surface area contributed by atoms with Gasteiger partial charge in [-0.1, -0.05) is 18.2 Å². The molecule has 2 heterocycles. The Kier molecular flexibility index (Phi) is 4.40. The lowest BCUT2D eigenvalue weighted by molar-refractivity contribution is 0.0936. The van der Waals surface area contributed by atoms with Crippen LogP contribution in [0, 0.1) is 11.8 Å². The Labute approximate surface area is 147 Å². The second-order valence-electron chi connectivity index (χ2n) is 7.07. The lowest BCUT2D eigenvalue weighted by Crippen LogP contribution is -2.30. The van der Waals surface area contributed by atoms with Crippen molar-refractivity contribution >= 4 is 5.78 Å². The van der Waals surface area contributed by atoms with Gasteiger partial charge in [-0.05, 0) is 42.9 Å². The molecule has 2 fully saturated rings. The first-order chi connectivity index (χ1) is 12.2. The standard InChI is InChI=1S/C20H22N2O3/c23-19(14-6-7-20(24)21-10-14)13-22-11-15-8-18(9-16(15)12-22)25-17-4-2-1-3-5-17/h1-7,10,15-16,18H,8-9,11-13H2,(H,21,24)/t15-,16+,18+. The highest BCUT2D eigenvalue weighted by molar-refractivity contribution is 5.97. The number of hydrogen-bond donors (Lipinski definition) is 1. The number of pyridine rings is 1. The van der Waals surface area contributed by atoms with Crippen LogP contribution >= 0.6 is 0 Å². The summed E-state index contributed by atoms with van der Waals surface area (Å²) in [5.41, 5.74) is 0.556. The fourth-order valence-corrected chi connectivity index (χ4v) is 4.10. The van der Waals surface area contributed by atoms with E-state index < -0.39 is 0 Å². The minimum atomic E-state index is -0.0586. The molecule has 3 atom stereocenters. The van der Waals surface area contributed by atoms with E-state index in [9.17, 15) is 9.90 Å². The molecule has 1 aromatic carbocycles. The van der Waals surface area contributed by atoms with Crippen LogP contribution < -0.4 is 4.74 Å². The lowest BCUT2D eigenvalue weighted by atomic mass is 10.0. The molecule has 0 unspecified atom stereocenters. The predicted octanol–water partition coefficient (Wildman–Crippen LogP) is 2.76. The second-order valence-corrected chi connectivity index (χ2v) is 7.07. The van der Waals surface area contributed by atoms with E-state index in [4.69, 9.17) is 4.74 Å². The molecule has 0 radical (unpaired) electrons. The van der Waals surface area contributed by atoms with Crippen LogP contribution in [0.25, 0.3) is 0 Å². The highest BCUT2D eigenvalue weighted by Gasteiger charge is 2.42. The topological polar surface area (TPSA) is 62.7 Å². The van der Waals surface area contributed by atoms with Gasteiger partial charge in [-0.3, -0.25) is 9.69 Å². The van der Waals surface area contributed by atoms with E-state index in [1.165, 1.54) is 12.3 Å². The molecule has 25 heavy (non-hydrogen) atoms. The van der Waals surface area contributed by atoms with Crippen molar-refractivity contribution in [3.8, 4) is 11.6 Å². The summed E-state index contributed by atoms with van der Waals surface area (Å²) in [7, 11) is 0. The average Bonchev–Trinajstić information content (AvgIpc) is 3.14. The van der Waals surface area contributed by atoms with Crippen LogP contribution in [0.2, 0.25) is 0 Å². The Hall–Kier alpha value is -2.40. The molecule has 1 aromatic heterocycles. The Morgan fingerprint density at radius 1 is 1.12 bits per heavy atom. The normalized spacial score (nSPS) is 25.7. The van der Waals surface area contributed by atoms with Crippen LogP contribution in [0.5, 0.6) is 11.6 Å². The molecule has 130 valence electrons. The van der Waals surface area contributed by atoms with Crippen LogP contribution in [0.1, 0.15) is 23.2 Å². The number of aromatic hydroxyl groups is 1. The summed E-state index contributed by atoms with van der Waals surface area (Å²) in [6.07, 6.45) is 3.85. The van der Waals surface area contributed by atoms with Crippen molar-refractivity contribution in [1.29, 1.82) is 0 Å². The number of rotatable bonds is 5. The smallest absolute Gasteiger partial charge is 0.210 e. The molecule has 1 aliphatic carbocycles. The number of carbonyl (C=O) groups is 1. The van der Waals surface area contributed by atoms with Gasteiger partial charge in [-0.15, -0.1) is 0 Å². The van der Waals surface area contributed by atoms with Crippen LogP contribution in [-0.2, 0) is 0 Å². The molecule has 0 bridgehead atoms. The van der Waals surface area contributed by atoms with E-state index in [1.54, 1.807) is 6.07 Å². The fraction of sp³-hybridized carbons (Fsp3) is 0.400. The summed E-state index contributed by atoms with van der Waals surface area (Å²) in [5.74, 6) is 2.17. The largest absolute Gasteiger partial charge is 0.493 e. The van der Waals surface area contributed by atoms with Crippen LogP contribution in [-0.4, -0.2) is 46.5 Å². The number of aromatic nitrogens is 1. The first kappa shape index (κ1) is 16.1. The first-order valence-corrected chi connectivity index (χ1v) is 8.79. The maximum Gasteiger partial charge on any atom is 0.210 e. The first-order valence-electron chi connectivity index (χ1n) is 8.79. The molecule has 5 nitrogen and oxygen atoms in total. The SMILES string of the molecule is O=C(CN1C[C@H]2C[C@H](Oc3ccccc3)C[C@H]2C1)c1ccc(O)nc1. The quantitative estimate of drug-likeness (QED) is 0.850. The number of para-hydroxylation sites is 1. The van der Waals surface area contributed by atoms with Crippen molar-refractivity contribution in [1.82, 2.24) is 9.88 Å². The van der Waals surface area contributed by atoms with Gasteiger partial charge in [-0.2, -0.15) is 0 Å². The Morgan fingerprint density at radius 3 is 2.48 bits per heavy atom. The molecule has 2 aromatic rings. The third-order valence-corrected chi connectivity index (χ3v) is 5.27. The molecule has 0 spiro atoms. The highest BCUT2D eigenvalue weighted by Crippen LogP contribution is 2.39. The molecule has 2 aliphatic rings. The van der Waals surface area contributed by atoms with E-state index in [0.717, 1.165) is 31.7 Å². The average molecular weight is 338 g/mol. The zero-order valence-electron chi connectivity index (χ0n) is 14.0. The summed E-state index contributed by atoms with van der Waals surface area (Å²) in [6.45, 7) is 2.33. The van der Waals surface area contributed by atoms with Gasteiger partial charge < -0.3 is 9.84 Å². The number of ketones is 1. The zero-order valence-corrected chi connectivity index (χ0v) is 14.0. The number of carbonyl (C=O) groups excluding carboxylic acids is 1. The van der Waals surface area contributed by atoms with Gasteiger partial charge in [-0.25, -0.2) is 4.98 Å². The molecular formula is C20H22N2O3. The molecule has 1 saturated carbocycles. The molecule has 1 N–H and O–H groups in total. The van der Waals surface area contributed by atoms with E-state index in [1.807, 2.05) is 30.3 Å². The third kappa shape index (κ3) is 3.66. The van der Waals surface area contributed by atoms with Crippen LogP contribution in [0.3, 0.4) is 0 Å². The predicted molar refractivity (Wildman–Crippen MR) is 93.7 cm³/mol. The van der Waals surface area contributed by atoms with Gasteiger partial charge in [0, 0.05) is 30.9 Å². The Bertz CT molecular complexity index is 718. The number of likely N-dealkylation sites (tertiary alicyclic amines) is 1. The lowest BCUT2D eigenvalue weighted by Gasteiger charge is -2.19. The molecule has 1 saturated heterocycles. The molecule has 0 amide bonds. The number of nitrogens with zero attached hydrogens (tertiary/aromatic N) is 2. The summed E-state index contributed by atoms with van der Waals surface area (Å²) < 4.78 is 6.09. The number of ether oxygens (including phenoxy) is 1. The maximum absolute atomic E-state index is 12.3.